The molecule has 1 aliphatic rings. The Morgan fingerprint density at radius 2 is 1.86 bits per heavy atom. The third kappa shape index (κ3) is 4.73. The zero-order valence-corrected chi connectivity index (χ0v) is 22.8. The number of aromatic nitrogens is 3. The van der Waals surface area contributed by atoms with Crippen molar-refractivity contribution >= 4 is 69.9 Å². The second-order valence-corrected chi connectivity index (χ2v) is 13.8. The average Bonchev–Trinajstić information content (AvgIpc) is 3.15. The molecule has 0 saturated carbocycles. The predicted octanol–water partition coefficient (Wildman–Crippen LogP) is 6.10. The molecule has 36 heavy (non-hydrogen) atoms. The summed E-state index contributed by atoms with van der Waals surface area (Å²) in [5.41, 5.74) is 3.60. The van der Waals surface area contributed by atoms with E-state index in [0.717, 1.165) is 54.1 Å². The summed E-state index contributed by atoms with van der Waals surface area (Å²) in [6, 6.07) is 9.16. The molecule has 4 aromatic rings. The lowest BCUT2D eigenvalue weighted by Crippen LogP contribution is -2.34. The molecule has 7 nitrogen and oxygen atoms in total. The summed E-state index contributed by atoms with van der Waals surface area (Å²) in [4.78, 5) is 23.3. The highest BCUT2D eigenvalue weighted by Gasteiger charge is 2.23. The lowest BCUT2D eigenvalue weighted by Gasteiger charge is -2.29. The van der Waals surface area contributed by atoms with Gasteiger partial charge in [0.05, 0.1) is 39.3 Å². The minimum Gasteiger partial charge on any atom is -0.324 e. The molecule has 0 radical (unpaired) electrons. The largest absolute Gasteiger partial charge is 0.324 e. The molecular formula is C26H28Cl2N5O2P. The number of imidazole rings is 1. The van der Waals surface area contributed by atoms with Gasteiger partial charge in [0.1, 0.15) is 0 Å². The van der Waals surface area contributed by atoms with Crippen molar-refractivity contribution in [2.24, 2.45) is 7.05 Å². The number of nitrogens with zero attached hydrogens (tertiary/aromatic N) is 3. The quantitative estimate of drug-likeness (QED) is 0.297. The Kier molecular flexibility index (Phi) is 6.77. The van der Waals surface area contributed by atoms with Crippen LogP contribution in [0.1, 0.15) is 11.3 Å². The zero-order valence-electron chi connectivity index (χ0n) is 20.4. The van der Waals surface area contributed by atoms with E-state index in [1.54, 1.807) is 18.2 Å². The SMILES string of the molecule is Cc1c(C=CCN2CCP(C)(=O)CC2)[nH]c(=O)c2c1ccc1nc(Nc3c(Cl)cccc3Cl)n(C)c12. The Bertz CT molecular complexity index is 1590. The summed E-state index contributed by atoms with van der Waals surface area (Å²) < 4.78 is 14.1. The number of rotatable bonds is 5. The maximum absolute atomic E-state index is 13.3. The molecule has 1 saturated heterocycles. The second kappa shape index (κ2) is 9.71. The van der Waals surface area contributed by atoms with E-state index in [9.17, 15) is 9.36 Å². The van der Waals surface area contributed by atoms with E-state index in [-0.39, 0.29) is 5.56 Å². The van der Waals surface area contributed by atoms with E-state index in [0.29, 0.717) is 32.6 Å². The summed E-state index contributed by atoms with van der Waals surface area (Å²) in [6.45, 7) is 6.36. The number of hydrogen-bond acceptors (Lipinski definition) is 5. The minimum absolute atomic E-state index is 0.170. The van der Waals surface area contributed by atoms with Crippen LogP contribution in [0.25, 0.3) is 27.9 Å². The maximum Gasteiger partial charge on any atom is 0.258 e. The molecule has 0 unspecified atom stereocenters. The highest BCUT2D eigenvalue weighted by atomic mass is 35.5. The molecule has 0 atom stereocenters. The summed E-state index contributed by atoms with van der Waals surface area (Å²) in [5.74, 6) is 0.534. The Morgan fingerprint density at radius 1 is 1.17 bits per heavy atom. The summed E-state index contributed by atoms with van der Waals surface area (Å²) in [6.07, 6.45) is 5.57. The number of aromatic amines is 1. The number of H-pyrrole nitrogens is 1. The number of pyridine rings is 1. The van der Waals surface area contributed by atoms with E-state index in [4.69, 9.17) is 23.2 Å². The fourth-order valence-corrected chi connectivity index (χ4v) is 6.84. The first-order chi connectivity index (χ1) is 17.1. The van der Waals surface area contributed by atoms with Crippen LogP contribution in [-0.4, -0.2) is 58.1 Å². The molecule has 5 rings (SSSR count). The van der Waals surface area contributed by atoms with Crippen LogP contribution in [0.4, 0.5) is 11.6 Å². The maximum atomic E-state index is 13.3. The van der Waals surface area contributed by atoms with Gasteiger partial charge in [-0.3, -0.25) is 9.69 Å². The summed E-state index contributed by atoms with van der Waals surface area (Å²) in [7, 11) is -0.0823. The summed E-state index contributed by atoms with van der Waals surface area (Å²) >= 11 is 12.7. The first-order valence-corrected chi connectivity index (χ1v) is 15.1. The van der Waals surface area contributed by atoms with Gasteiger partial charge in [0.15, 0.2) is 0 Å². The van der Waals surface area contributed by atoms with Gasteiger partial charge >= 0.3 is 0 Å². The van der Waals surface area contributed by atoms with Crippen LogP contribution in [0.5, 0.6) is 0 Å². The number of para-hydroxylation sites is 1. The molecule has 10 heteroatoms. The highest BCUT2D eigenvalue weighted by Crippen LogP contribution is 2.42. The van der Waals surface area contributed by atoms with Crippen LogP contribution in [-0.2, 0) is 11.6 Å². The van der Waals surface area contributed by atoms with Gasteiger partial charge in [-0.2, -0.15) is 0 Å². The molecule has 0 aliphatic carbocycles. The Morgan fingerprint density at radius 3 is 2.56 bits per heavy atom. The van der Waals surface area contributed by atoms with Crippen LogP contribution in [0, 0.1) is 6.92 Å². The third-order valence-electron chi connectivity index (χ3n) is 6.95. The topological polar surface area (TPSA) is 83.0 Å². The van der Waals surface area contributed by atoms with Crippen molar-refractivity contribution < 1.29 is 4.57 Å². The van der Waals surface area contributed by atoms with E-state index in [1.165, 1.54) is 0 Å². The van der Waals surface area contributed by atoms with Crippen LogP contribution >= 0.6 is 30.3 Å². The van der Waals surface area contributed by atoms with E-state index in [2.05, 4.69) is 26.3 Å². The molecule has 1 fully saturated rings. The number of hydrogen-bond donors (Lipinski definition) is 2. The van der Waals surface area contributed by atoms with Crippen molar-refractivity contribution in [1.29, 1.82) is 0 Å². The molecule has 3 heterocycles. The van der Waals surface area contributed by atoms with Gasteiger partial charge in [-0.05, 0) is 48.8 Å². The average molecular weight is 544 g/mol. The number of anilines is 2. The van der Waals surface area contributed by atoms with E-state index in [1.807, 2.05) is 43.4 Å². The normalized spacial score (nSPS) is 16.4. The lowest BCUT2D eigenvalue weighted by molar-refractivity contribution is 0.327. The first kappa shape index (κ1) is 25.1. The minimum atomic E-state index is -1.94. The molecule has 2 N–H and O–H groups in total. The van der Waals surface area contributed by atoms with Gasteiger partial charge in [-0.25, -0.2) is 4.98 Å². The molecule has 2 aromatic carbocycles. The number of fused-ring (bicyclic) bond motifs is 3. The van der Waals surface area contributed by atoms with Crippen LogP contribution < -0.4 is 10.9 Å². The zero-order chi connectivity index (χ0) is 25.6. The van der Waals surface area contributed by atoms with Crippen molar-refractivity contribution in [2.45, 2.75) is 6.92 Å². The molecule has 2 aromatic heterocycles. The van der Waals surface area contributed by atoms with E-state index >= 15 is 0 Å². The van der Waals surface area contributed by atoms with Gasteiger partial charge in [0, 0.05) is 44.7 Å². The van der Waals surface area contributed by atoms with Crippen LogP contribution in [0.3, 0.4) is 0 Å². The van der Waals surface area contributed by atoms with Crippen LogP contribution in [0.15, 0.2) is 41.2 Å². The Balaban J connectivity index is 1.49. The predicted molar refractivity (Wildman–Crippen MR) is 152 cm³/mol. The second-order valence-electron chi connectivity index (χ2n) is 9.51. The number of nitrogens with one attached hydrogen (secondary N) is 2. The van der Waals surface area contributed by atoms with Crippen molar-refractivity contribution in [3.8, 4) is 0 Å². The smallest absolute Gasteiger partial charge is 0.258 e. The first-order valence-electron chi connectivity index (χ1n) is 11.8. The Hall–Kier alpha value is -2.57. The van der Waals surface area contributed by atoms with Crippen LogP contribution in [0.2, 0.25) is 10.0 Å². The van der Waals surface area contributed by atoms with Gasteiger partial charge in [-0.15, -0.1) is 0 Å². The van der Waals surface area contributed by atoms with E-state index < -0.39 is 7.14 Å². The molecule has 1 aliphatic heterocycles. The van der Waals surface area contributed by atoms with Gasteiger partial charge < -0.3 is 19.4 Å². The van der Waals surface area contributed by atoms with Crippen molar-refractivity contribution in [3.63, 3.8) is 0 Å². The number of aryl methyl sites for hydroxylation is 2. The van der Waals surface area contributed by atoms with Crippen molar-refractivity contribution in [1.82, 2.24) is 19.4 Å². The molecule has 0 spiro atoms. The molecular weight excluding hydrogens is 516 g/mol. The van der Waals surface area contributed by atoms with Crippen molar-refractivity contribution in [2.75, 3.05) is 43.9 Å². The molecule has 0 amide bonds. The highest BCUT2D eigenvalue weighted by molar-refractivity contribution is 7.63. The summed E-state index contributed by atoms with van der Waals surface area (Å²) in [5, 5.41) is 5.65. The molecule has 188 valence electrons. The van der Waals surface area contributed by atoms with Gasteiger partial charge in [-0.1, -0.05) is 41.4 Å². The molecule has 0 bridgehead atoms. The standard InChI is InChI=1S/C26H28Cl2N5O2P/c1-16-17-9-10-21-24(32(2)26(30-21)31-23-18(27)6-4-7-19(23)28)22(17)25(34)29-20(16)8-5-11-33-12-14-36(3,35)15-13-33/h4-10H,11-15H2,1-3H3,(H,29,34)(H,30,31). The number of halogens is 2. The van der Waals surface area contributed by atoms with Crippen molar-refractivity contribution in [3.05, 3.63) is 68.1 Å². The third-order valence-corrected chi connectivity index (χ3v) is 9.87. The number of benzene rings is 2. The monoisotopic (exact) mass is 543 g/mol. The fraction of sp³-hybridized carbons (Fsp3) is 0.308. The lowest BCUT2D eigenvalue weighted by atomic mass is 10.0. The Labute approximate surface area is 219 Å². The van der Waals surface area contributed by atoms with Gasteiger partial charge in [0.2, 0.25) is 5.95 Å². The fourth-order valence-electron chi connectivity index (χ4n) is 4.71. The van der Waals surface area contributed by atoms with Gasteiger partial charge in [0.25, 0.3) is 5.56 Å².